The molecule has 3 aromatic rings. The van der Waals surface area contributed by atoms with Crippen molar-refractivity contribution in [1.82, 2.24) is 10.0 Å². The minimum atomic E-state index is -4.10. The molecular formula is C25H26Cl2N2O3S. The van der Waals surface area contributed by atoms with Gasteiger partial charge in [-0.2, -0.15) is 4.72 Å². The molecule has 5 nitrogen and oxygen atoms in total. The number of hydrogen-bond donors (Lipinski definition) is 2. The summed E-state index contributed by atoms with van der Waals surface area (Å²) in [6, 6.07) is 22.3. The van der Waals surface area contributed by atoms with E-state index in [2.05, 4.69) is 10.0 Å². The van der Waals surface area contributed by atoms with Gasteiger partial charge in [0.1, 0.15) is 10.9 Å². The van der Waals surface area contributed by atoms with Gasteiger partial charge >= 0.3 is 0 Å². The van der Waals surface area contributed by atoms with Crippen LogP contribution in [0.15, 0.2) is 83.8 Å². The molecule has 0 heterocycles. The van der Waals surface area contributed by atoms with E-state index in [0.717, 1.165) is 18.4 Å². The summed E-state index contributed by atoms with van der Waals surface area (Å²) in [5.74, 6) is -0.402. The predicted octanol–water partition coefficient (Wildman–Crippen LogP) is 5.02. The number of rotatable bonds is 10. The molecular weight excluding hydrogens is 479 g/mol. The molecule has 0 aliphatic rings. The van der Waals surface area contributed by atoms with E-state index in [1.54, 1.807) is 0 Å². The van der Waals surface area contributed by atoms with E-state index in [0.29, 0.717) is 0 Å². The summed E-state index contributed by atoms with van der Waals surface area (Å²) < 4.78 is 28.7. The molecule has 0 radical (unpaired) electrons. The van der Waals surface area contributed by atoms with Crippen molar-refractivity contribution in [2.24, 2.45) is 0 Å². The zero-order chi connectivity index (χ0) is 23.8. The molecule has 0 aliphatic heterocycles. The summed E-state index contributed by atoms with van der Waals surface area (Å²) >= 11 is 12.1. The summed E-state index contributed by atoms with van der Waals surface area (Å²) in [5, 5.41) is 3.21. The van der Waals surface area contributed by atoms with Crippen molar-refractivity contribution in [3.8, 4) is 0 Å². The normalized spacial score (nSPS) is 13.3. The van der Waals surface area contributed by atoms with Crippen molar-refractivity contribution in [2.75, 3.05) is 0 Å². The summed E-state index contributed by atoms with van der Waals surface area (Å²) in [4.78, 5) is 13.0. The predicted molar refractivity (Wildman–Crippen MR) is 133 cm³/mol. The van der Waals surface area contributed by atoms with Gasteiger partial charge in [-0.25, -0.2) is 8.42 Å². The van der Waals surface area contributed by atoms with E-state index in [4.69, 9.17) is 23.2 Å². The molecule has 1 amide bonds. The Balaban J connectivity index is 1.75. The third-order valence-electron chi connectivity index (χ3n) is 5.18. The molecule has 0 spiro atoms. The van der Waals surface area contributed by atoms with Crippen molar-refractivity contribution >= 4 is 39.1 Å². The lowest BCUT2D eigenvalue weighted by atomic mass is 10.0. The van der Waals surface area contributed by atoms with Crippen molar-refractivity contribution < 1.29 is 13.2 Å². The molecule has 0 saturated carbocycles. The molecule has 0 saturated heterocycles. The Labute approximate surface area is 205 Å². The van der Waals surface area contributed by atoms with Crippen LogP contribution in [-0.4, -0.2) is 26.4 Å². The number of amides is 1. The van der Waals surface area contributed by atoms with Crippen LogP contribution < -0.4 is 10.0 Å². The number of carbonyl (C=O) groups excluding carboxylic acids is 1. The highest BCUT2D eigenvalue weighted by atomic mass is 35.5. The molecule has 0 unspecified atom stereocenters. The third-order valence-corrected chi connectivity index (χ3v) is 7.37. The molecule has 8 heteroatoms. The fourth-order valence-electron chi connectivity index (χ4n) is 3.42. The standard InChI is InChI=1S/C25H26Cl2N2O3S/c1-18(12-13-19-8-4-2-5-9-19)28-25(30)23(16-20-10-6-3-7-11-20)29-33(31,32)24-17-21(26)14-15-22(24)27/h2-11,14-15,17-18,23,29H,12-13,16H2,1H3,(H,28,30)/t18-,23+/m1/s1. The van der Waals surface area contributed by atoms with E-state index < -0.39 is 22.0 Å². The lowest BCUT2D eigenvalue weighted by molar-refractivity contribution is -0.123. The van der Waals surface area contributed by atoms with Crippen LogP contribution in [-0.2, 0) is 27.7 Å². The van der Waals surface area contributed by atoms with E-state index in [9.17, 15) is 13.2 Å². The molecule has 0 aromatic heterocycles. The zero-order valence-corrected chi connectivity index (χ0v) is 20.5. The van der Waals surface area contributed by atoms with Crippen LogP contribution >= 0.6 is 23.2 Å². The van der Waals surface area contributed by atoms with Crippen LogP contribution in [0.1, 0.15) is 24.5 Å². The smallest absolute Gasteiger partial charge is 0.242 e. The highest BCUT2D eigenvalue weighted by molar-refractivity contribution is 7.89. The van der Waals surface area contributed by atoms with Gasteiger partial charge in [-0.05, 0) is 55.5 Å². The second-order valence-corrected chi connectivity index (χ2v) is 10.4. The van der Waals surface area contributed by atoms with Gasteiger partial charge in [0.05, 0.1) is 5.02 Å². The summed E-state index contributed by atoms with van der Waals surface area (Å²) in [5.41, 5.74) is 2.00. The average Bonchev–Trinajstić information content (AvgIpc) is 2.80. The van der Waals surface area contributed by atoms with Crippen molar-refractivity contribution in [3.63, 3.8) is 0 Å². The van der Waals surface area contributed by atoms with Crippen molar-refractivity contribution in [2.45, 2.75) is 43.2 Å². The molecule has 3 rings (SSSR count). The molecule has 0 fully saturated rings. The van der Waals surface area contributed by atoms with E-state index in [1.807, 2.05) is 67.6 Å². The van der Waals surface area contributed by atoms with Gasteiger partial charge in [-0.1, -0.05) is 83.9 Å². The Bertz CT molecular complexity index is 1170. The number of nitrogens with one attached hydrogen (secondary N) is 2. The van der Waals surface area contributed by atoms with Crippen LogP contribution in [0.2, 0.25) is 10.0 Å². The van der Waals surface area contributed by atoms with Gasteiger partial charge in [-0.3, -0.25) is 4.79 Å². The summed E-state index contributed by atoms with van der Waals surface area (Å²) in [6.45, 7) is 1.91. The number of halogens is 2. The molecule has 174 valence electrons. The molecule has 3 aromatic carbocycles. The Kier molecular flexibility index (Phi) is 8.92. The molecule has 0 aliphatic carbocycles. The Morgan fingerprint density at radius 1 is 0.909 bits per heavy atom. The number of sulfonamides is 1. The van der Waals surface area contributed by atoms with Crippen molar-refractivity contribution in [1.29, 1.82) is 0 Å². The van der Waals surface area contributed by atoms with Gasteiger partial charge in [-0.15, -0.1) is 0 Å². The Hall–Kier alpha value is -2.38. The maximum atomic E-state index is 13.1. The van der Waals surface area contributed by atoms with E-state index in [1.165, 1.54) is 23.8 Å². The van der Waals surface area contributed by atoms with Crippen LogP contribution in [0.3, 0.4) is 0 Å². The van der Waals surface area contributed by atoms with Gasteiger partial charge < -0.3 is 5.32 Å². The van der Waals surface area contributed by atoms with E-state index in [-0.39, 0.29) is 27.4 Å². The largest absolute Gasteiger partial charge is 0.352 e. The highest BCUT2D eigenvalue weighted by Crippen LogP contribution is 2.25. The Morgan fingerprint density at radius 2 is 1.52 bits per heavy atom. The lowest BCUT2D eigenvalue weighted by Gasteiger charge is -2.22. The molecule has 2 N–H and O–H groups in total. The fourth-order valence-corrected chi connectivity index (χ4v) is 5.37. The topological polar surface area (TPSA) is 75.3 Å². The lowest BCUT2D eigenvalue weighted by Crippen LogP contribution is -2.50. The van der Waals surface area contributed by atoms with Crippen LogP contribution in [0.5, 0.6) is 0 Å². The minimum Gasteiger partial charge on any atom is -0.352 e. The monoisotopic (exact) mass is 504 g/mol. The Morgan fingerprint density at radius 3 is 2.15 bits per heavy atom. The van der Waals surface area contributed by atoms with Crippen LogP contribution in [0, 0.1) is 0 Å². The zero-order valence-electron chi connectivity index (χ0n) is 18.2. The summed E-state index contributed by atoms with van der Waals surface area (Å²) in [7, 11) is -4.10. The SMILES string of the molecule is C[C@H](CCc1ccccc1)NC(=O)[C@H](Cc1ccccc1)NS(=O)(=O)c1cc(Cl)ccc1Cl. The average molecular weight is 505 g/mol. The maximum absolute atomic E-state index is 13.1. The van der Waals surface area contributed by atoms with Crippen LogP contribution in [0.4, 0.5) is 0 Å². The second kappa shape index (κ2) is 11.7. The quantitative estimate of drug-likeness (QED) is 0.406. The molecule has 0 bridgehead atoms. The first kappa shape index (κ1) is 25.2. The van der Waals surface area contributed by atoms with Crippen LogP contribution in [0.25, 0.3) is 0 Å². The number of benzene rings is 3. The maximum Gasteiger partial charge on any atom is 0.242 e. The van der Waals surface area contributed by atoms with Gasteiger partial charge in [0, 0.05) is 11.1 Å². The number of carbonyl (C=O) groups is 1. The highest BCUT2D eigenvalue weighted by Gasteiger charge is 2.28. The third kappa shape index (κ3) is 7.57. The molecule has 2 atom stereocenters. The second-order valence-electron chi connectivity index (χ2n) is 7.87. The molecule has 33 heavy (non-hydrogen) atoms. The first-order chi connectivity index (χ1) is 15.7. The first-order valence-corrected chi connectivity index (χ1v) is 12.8. The fraction of sp³-hybridized carbons (Fsp3) is 0.240. The minimum absolute atomic E-state index is 0.0296. The van der Waals surface area contributed by atoms with E-state index >= 15 is 0 Å². The first-order valence-electron chi connectivity index (χ1n) is 10.6. The summed E-state index contributed by atoms with van der Waals surface area (Å²) in [6.07, 6.45) is 1.71. The number of aryl methyl sites for hydroxylation is 1. The van der Waals surface area contributed by atoms with Crippen molar-refractivity contribution in [3.05, 3.63) is 100 Å². The van der Waals surface area contributed by atoms with Gasteiger partial charge in [0.2, 0.25) is 15.9 Å². The van der Waals surface area contributed by atoms with Gasteiger partial charge in [0.15, 0.2) is 0 Å². The number of hydrogen-bond acceptors (Lipinski definition) is 3. The van der Waals surface area contributed by atoms with Gasteiger partial charge in [0.25, 0.3) is 0 Å².